The van der Waals surface area contributed by atoms with E-state index in [2.05, 4.69) is 43.9 Å². The molecule has 0 spiro atoms. The Balaban J connectivity index is 1.72. The maximum atomic E-state index is 13.5. The number of carbonyl (C=O) groups is 4. The first-order valence-electron chi connectivity index (χ1n) is 15.0. The Labute approximate surface area is 283 Å². The Morgan fingerprint density at radius 1 is 0.957 bits per heavy atom. The van der Waals surface area contributed by atoms with Gasteiger partial charge in [0.15, 0.2) is 0 Å². The van der Waals surface area contributed by atoms with E-state index in [1.54, 1.807) is 24.7 Å². The van der Waals surface area contributed by atoms with Crippen LogP contribution in [0, 0.1) is 0 Å². The maximum Gasteiger partial charge on any atom is 0.407 e. The van der Waals surface area contributed by atoms with Gasteiger partial charge in [0.05, 0.1) is 34.6 Å². The lowest BCUT2D eigenvalue weighted by Crippen LogP contribution is -2.53. The van der Waals surface area contributed by atoms with Gasteiger partial charge in [-0.3, -0.25) is 19.6 Å². The molecule has 0 aliphatic rings. The summed E-state index contributed by atoms with van der Waals surface area (Å²) >= 11 is 5.32. The fraction of sp³-hybridized carbons (Fsp3) is 0.333. The average Bonchev–Trinajstić information content (AvgIpc) is 3.59. The van der Waals surface area contributed by atoms with Gasteiger partial charge in [-0.1, -0.05) is 66.7 Å². The van der Waals surface area contributed by atoms with Gasteiger partial charge >= 0.3 is 18.1 Å². The number of aliphatic imine (C=N–C) groups is 1. The number of nitrogens with zero attached hydrogens (tertiary/aromatic N) is 2. The molecule has 5 N–H and O–H groups in total. The fourth-order valence-electron chi connectivity index (χ4n) is 4.67. The number of nitrogens with one attached hydrogen (secondary N) is 4. The zero-order valence-corrected chi connectivity index (χ0v) is 27.7. The number of urea groups is 1. The summed E-state index contributed by atoms with van der Waals surface area (Å²) in [5.74, 6) is -1.89. The number of carboxylic acid groups (broad SMARTS) is 1. The normalized spacial score (nSPS) is 13.3. The number of carbonyl (C=O) groups excluding carboxylic acids is 3. The first kappa shape index (κ1) is 36.8. The van der Waals surface area contributed by atoms with Crippen molar-refractivity contribution in [3.8, 4) is 0 Å². The van der Waals surface area contributed by atoms with Crippen LogP contribution in [-0.4, -0.2) is 64.3 Å². The van der Waals surface area contributed by atoms with E-state index in [1.165, 1.54) is 16.9 Å². The average molecular weight is 681 g/mol. The highest BCUT2D eigenvalue weighted by atomic mass is 32.1. The second-order valence-corrected chi connectivity index (χ2v) is 11.8. The minimum atomic E-state index is -1.34. The Hall–Kier alpha value is -4.69. The zero-order chi connectivity index (χ0) is 33.9. The lowest BCUT2D eigenvalue weighted by Gasteiger charge is -2.25. The molecule has 47 heavy (non-hydrogen) atoms. The van der Waals surface area contributed by atoms with Crippen LogP contribution in [0.5, 0.6) is 0 Å². The molecule has 0 aliphatic heterocycles. The number of hydrogen-bond donors (Lipinski definition) is 6. The maximum absolute atomic E-state index is 13.5. The number of ether oxygens (including phenoxy) is 1. The SMILES string of the molecule is C/C=C(CNC(=O)NC(CC(=O)O)C(=O)NC(CCC(Cc1ccccc1)NC(=O)OCc1cncs1)Cc1ccccc1)\N=C/S. The minimum Gasteiger partial charge on any atom is -0.481 e. The van der Waals surface area contributed by atoms with E-state index in [0.29, 0.717) is 31.4 Å². The molecule has 0 aliphatic carbocycles. The van der Waals surface area contributed by atoms with Crippen molar-refractivity contribution in [2.75, 3.05) is 6.54 Å². The summed E-state index contributed by atoms with van der Waals surface area (Å²) in [5.41, 5.74) is 5.45. The molecule has 1 heterocycles. The van der Waals surface area contributed by atoms with Gasteiger partial charge < -0.3 is 31.1 Å². The summed E-state index contributed by atoms with van der Waals surface area (Å²) in [6.45, 7) is 1.90. The van der Waals surface area contributed by atoms with Gasteiger partial charge in [0.25, 0.3) is 0 Å². The van der Waals surface area contributed by atoms with E-state index in [-0.39, 0.29) is 19.2 Å². The number of rotatable bonds is 18. The van der Waals surface area contributed by atoms with Gasteiger partial charge in [-0.15, -0.1) is 24.0 Å². The summed E-state index contributed by atoms with van der Waals surface area (Å²) < 4.78 is 5.42. The third-order valence-corrected chi connectivity index (χ3v) is 7.87. The van der Waals surface area contributed by atoms with Crippen LogP contribution < -0.4 is 21.3 Å². The molecule has 0 saturated carbocycles. The van der Waals surface area contributed by atoms with E-state index in [4.69, 9.17) is 4.74 Å². The topological polar surface area (TPSA) is 171 Å². The second kappa shape index (κ2) is 20.4. The lowest BCUT2D eigenvalue weighted by atomic mass is 9.95. The monoisotopic (exact) mass is 680 g/mol. The van der Waals surface area contributed by atoms with Gasteiger partial charge in [0, 0.05) is 18.3 Å². The van der Waals surface area contributed by atoms with E-state index in [1.807, 2.05) is 60.7 Å². The van der Waals surface area contributed by atoms with Gasteiger partial charge in [-0.25, -0.2) is 9.59 Å². The number of aliphatic carboxylic acids is 1. The molecule has 0 saturated heterocycles. The van der Waals surface area contributed by atoms with Crippen molar-refractivity contribution in [2.24, 2.45) is 4.99 Å². The summed E-state index contributed by atoms with van der Waals surface area (Å²) in [6.07, 6.45) is 4.01. The van der Waals surface area contributed by atoms with Crippen molar-refractivity contribution < 1.29 is 29.0 Å². The number of benzene rings is 2. The molecule has 4 amide bonds. The van der Waals surface area contributed by atoms with Crippen molar-refractivity contribution in [3.05, 3.63) is 100 Å². The predicted molar refractivity (Wildman–Crippen MR) is 184 cm³/mol. The third-order valence-electron chi connectivity index (χ3n) is 7.00. The number of alkyl carbamates (subject to hydrolysis) is 1. The van der Waals surface area contributed by atoms with Crippen LogP contribution in [0.25, 0.3) is 0 Å². The number of thiazole rings is 1. The summed E-state index contributed by atoms with van der Waals surface area (Å²) in [5, 5.41) is 20.5. The Kier molecular flexibility index (Phi) is 16.0. The van der Waals surface area contributed by atoms with Crippen LogP contribution in [-0.2, 0) is 33.8 Å². The molecular weight excluding hydrogens is 641 g/mol. The zero-order valence-electron chi connectivity index (χ0n) is 26.0. The Morgan fingerprint density at radius 2 is 1.57 bits per heavy atom. The fourth-order valence-corrected chi connectivity index (χ4v) is 5.32. The number of hydrogen-bond acceptors (Lipinski definition) is 8. The molecule has 14 heteroatoms. The molecule has 3 rings (SSSR count). The van der Waals surface area contributed by atoms with Gasteiger partial charge in [0.1, 0.15) is 12.6 Å². The van der Waals surface area contributed by atoms with E-state index in [0.717, 1.165) is 16.0 Å². The molecule has 0 bridgehead atoms. The molecule has 3 unspecified atom stereocenters. The summed E-state index contributed by atoms with van der Waals surface area (Å²) in [7, 11) is 0. The van der Waals surface area contributed by atoms with Crippen LogP contribution in [0.1, 0.15) is 42.2 Å². The number of carboxylic acids is 1. The second-order valence-electron chi connectivity index (χ2n) is 10.5. The van der Waals surface area contributed by atoms with Gasteiger partial charge in [-0.2, -0.15) is 0 Å². The van der Waals surface area contributed by atoms with E-state index >= 15 is 0 Å². The van der Waals surface area contributed by atoms with Crippen LogP contribution in [0.3, 0.4) is 0 Å². The molecular formula is C33H40N6O6S2. The van der Waals surface area contributed by atoms with Gasteiger partial charge in [-0.05, 0) is 43.7 Å². The van der Waals surface area contributed by atoms with Gasteiger partial charge in [0.2, 0.25) is 5.91 Å². The molecule has 1 aromatic heterocycles. The predicted octanol–water partition coefficient (Wildman–Crippen LogP) is 4.49. The van der Waals surface area contributed by atoms with E-state index < -0.39 is 42.5 Å². The first-order chi connectivity index (χ1) is 22.7. The molecule has 3 aromatic rings. The molecule has 0 radical (unpaired) electrons. The molecule has 3 atom stereocenters. The number of amides is 4. The van der Waals surface area contributed by atoms with Crippen molar-refractivity contribution in [2.45, 2.75) is 63.8 Å². The van der Waals surface area contributed by atoms with Crippen LogP contribution in [0.15, 0.2) is 89.1 Å². The highest BCUT2D eigenvalue weighted by Gasteiger charge is 2.27. The number of allylic oxidation sites excluding steroid dienone is 1. The Bertz CT molecular complexity index is 1470. The smallest absolute Gasteiger partial charge is 0.407 e. The highest BCUT2D eigenvalue weighted by Crippen LogP contribution is 2.15. The first-order valence-corrected chi connectivity index (χ1v) is 16.4. The summed E-state index contributed by atoms with van der Waals surface area (Å²) in [4.78, 5) is 59.3. The van der Waals surface area contributed by atoms with Crippen LogP contribution in [0.2, 0.25) is 0 Å². The molecule has 0 fully saturated rings. The van der Waals surface area contributed by atoms with Crippen molar-refractivity contribution in [1.82, 2.24) is 26.3 Å². The van der Waals surface area contributed by atoms with E-state index in [9.17, 15) is 24.3 Å². The molecule has 250 valence electrons. The quantitative estimate of drug-likeness (QED) is 0.0653. The van der Waals surface area contributed by atoms with Crippen LogP contribution >= 0.6 is 24.0 Å². The Morgan fingerprint density at radius 3 is 2.11 bits per heavy atom. The minimum absolute atomic E-state index is 0.0554. The van der Waals surface area contributed by atoms with Crippen molar-refractivity contribution in [3.63, 3.8) is 0 Å². The lowest BCUT2D eigenvalue weighted by molar-refractivity contribution is -0.139. The molecule has 12 nitrogen and oxygen atoms in total. The highest BCUT2D eigenvalue weighted by molar-refractivity contribution is 7.94. The molecule has 2 aromatic carbocycles. The van der Waals surface area contributed by atoms with Crippen molar-refractivity contribution in [1.29, 1.82) is 0 Å². The summed E-state index contributed by atoms with van der Waals surface area (Å²) in [6, 6.07) is 16.4. The number of thiol groups is 1. The van der Waals surface area contributed by atoms with Crippen molar-refractivity contribution >= 4 is 53.5 Å². The number of aromatic nitrogens is 1. The van der Waals surface area contributed by atoms with Crippen LogP contribution in [0.4, 0.5) is 9.59 Å². The largest absolute Gasteiger partial charge is 0.481 e. The standard InChI is InChI=1S/C33H40N6O6S2/c1-2-25(36-21-46)18-35-32(43)39-29(17-30(40)41)31(42)37-26(15-23-9-5-3-6-10-23)13-14-27(16-24-11-7-4-8-12-24)38-33(44)45-20-28-19-34-22-47-28/h2-12,19,21-22,26-27,29H,13-18,20H2,1H3,(H,36,46)(H,37,42)(H,38,44)(H,40,41)(H2,35,39,43)/b25-2-. The third kappa shape index (κ3) is 14.5.